The number of aromatic nitrogens is 12. The Kier molecular flexibility index (Phi) is 17.3. The lowest BCUT2D eigenvalue weighted by molar-refractivity contribution is 0.310. The number of anilines is 9. The van der Waals surface area contributed by atoms with Crippen LogP contribution in [0, 0.1) is 18.6 Å². The van der Waals surface area contributed by atoms with E-state index in [0.29, 0.717) is 94.2 Å². The number of rotatable bonds is 18. The largest absolute Gasteiger partial charge is 0.395 e. The predicted molar refractivity (Wildman–Crippen MR) is 278 cm³/mol. The van der Waals surface area contributed by atoms with E-state index in [2.05, 4.69) is 90.6 Å². The summed E-state index contributed by atoms with van der Waals surface area (Å²) < 4.78 is 32.8. The first-order valence-corrected chi connectivity index (χ1v) is 23.4. The van der Waals surface area contributed by atoms with Crippen LogP contribution in [-0.2, 0) is 0 Å². The number of benzene rings is 3. The van der Waals surface area contributed by atoms with Gasteiger partial charge in [-0.25, -0.2) is 23.7 Å². The maximum atomic E-state index is 13.5. The minimum absolute atomic E-state index is 0.0201. The minimum atomic E-state index is -0.336. The number of aryl methyl sites for hydroxylation is 1. The molecule has 0 radical (unpaired) electrons. The Bertz CT molecular complexity index is 3200. The Balaban J connectivity index is 0.000000159. The topological polar surface area (TPSA) is 264 Å². The molecule has 0 fully saturated rings. The molecule has 0 spiro atoms. The van der Waals surface area contributed by atoms with E-state index in [0.717, 1.165) is 16.9 Å². The molecule has 0 amide bonds. The van der Waals surface area contributed by atoms with Crippen molar-refractivity contribution < 1.29 is 24.1 Å². The van der Waals surface area contributed by atoms with Crippen molar-refractivity contribution in [3.05, 3.63) is 109 Å². The van der Waals surface area contributed by atoms with Gasteiger partial charge < -0.3 is 60.9 Å². The number of imidazole rings is 3. The molecule has 0 saturated carbocycles. The summed E-state index contributed by atoms with van der Waals surface area (Å²) in [6.45, 7) is 15.0. The van der Waals surface area contributed by atoms with Crippen molar-refractivity contribution >= 4 is 85.9 Å². The molecule has 9 N–H and O–H groups in total. The normalized spacial score (nSPS) is 11.2. The van der Waals surface area contributed by atoms with Gasteiger partial charge in [0, 0.05) is 54.8 Å². The number of nitrogens with zero attached hydrogens (tertiary/aromatic N) is 12. The van der Waals surface area contributed by atoms with Crippen LogP contribution in [0.15, 0.2) is 91.8 Å². The van der Waals surface area contributed by atoms with Gasteiger partial charge in [0.15, 0.2) is 50.9 Å². The van der Waals surface area contributed by atoms with Crippen LogP contribution in [0.25, 0.3) is 33.5 Å². The Morgan fingerprint density at radius 1 is 0.472 bits per heavy atom. The molecule has 6 aromatic heterocycles. The highest BCUT2D eigenvalue weighted by molar-refractivity contribution is 5.88. The van der Waals surface area contributed by atoms with Gasteiger partial charge in [-0.05, 0) is 103 Å². The van der Waals surface area contributed by atoms with Gasteiger partial charge in [0.2, 0.25) is 17.8 Å². The molecule has 9 rings (SSSR count). The fourth-order valence-electron chi connectivity index (χ4n) is 7.11. The van der Waals surface area contributed by atoms with Gasteiger partial charge in [0.25, 0.3) is 0 Å². The van der Waals surface area contributed by atoms with E-state index in [9.17, 15) is 8.78 Å². The van der Waals surface area contributed by atoms with E-state index in [1.54, 1.807) is 50.2 Å². The molecule has 0 aliphatic rings. The van der Waals surface area contributed by atoms with Crippen LogP contribution in [0.4, 0.5) is 61.1 Å². The quantitative estimate of drug-likeness (QED) is 0.0392. The van der Waals surface area contributed by atoms with Crippen molar-refractivity contribution in [1.29, 1.82) is 0 Å². The Morgan fingerprint density at radius 3 is 1.24 bits per heavy atom. The van der Waals surface area contributed by atoms with Gasteiger partial charge in [0.05, 0.1) is 38.8 Å². The zero-order valence-electron chi connectivity index (χ0n) is 41.1. The van der Waals surface area contributed by atoms with Gasteiger partial charge in [-0.3, -0.25) is 0 Å². The van der Waals surface area contributed by atoms with Crippen LogP contribution in [0.3, 0.4) is 0 Å². The first kappa shape index (κ1) is 51.7. The van der Waals surface area contributed by atoms with Crippen molar-refractivity contribution in [1.82, 2.24) is 58.6 Å². The maximum Gasteiger partial charge on any atom is 0.226 e. The van der Waals surface area contributed by atoms with Crippen molar-refractivity contribution in [2.45, 2.75) is 66.6 Å². The summed E-state index contributed by atoms with van der Waals surface area (Å²) in [7, 11) is 0. The molecule has 0 atom stereocenters. The standard InChI is InChI=1S/C17H21FN6O.C16H19FN6O.C16H20N6O/c1-10(2)24-9-20-14-15(21-12-4-5-13(18)11(3)8-12)22-17(19-6-7-25)23-16(14)24;1-10(2)23-9-19-13-14(20-12-5-3-4-11(17)8-12)21-16(18-6-7-24)22-15(13)23;1-11(2)22-10-18-13-14(19-12-6-4-3-5-7-12)20-16(17-8-9-23)21-15(13)22/h4-5,8-10,25H,6-7H2,1-3H3,(H2,19,21,22,23);3-5,8-10,24H,6-7H2,1-2H3,(H2,18,20,21,22);3-7,10-11,23H,8-9H2,1-2H3,(H2,17,19,20,21). The number of nitrogens with one attached hydrogen (secondary N) is 6. The van der Waals surface area contributed by atoms with E-state index >= 15 is 0 Å². The van der Waals surface area contributed by atoms with Gasteiger partial charge >= 0.3 is 0 Å². The molecule has 23 heteroatoms. The monoisotopic (exact) mass is 987 g/mol. The van der Waals surface area contributed by atoms with Crippen molar-refractivity contribution in [3.63, 3.8) is 0 Å². The molecule has 0 bridgehead atoms. The fourth-order valence-corrected chi connectivity index (χ4v) is 7.11. The second-order valence-corrected chi connectivity index (χ2v) is 17.1. The third-order valence-corrected chi connectivity index (χ3v) is 10.7. The second kappa shape index (κ2) is 24.1. The molecule has 72 heavy (non-hydrogen) atoms. The number of hydrogen-bond donors (Lipinski definition) is 9. The summed E-state index contributed by atoms with van der Waals surface area (Å²) in [6.07, 6.45) is 5.20. The van der Waals surface area contributed by atoms with E-state index in [4.69, 9.17) is 15.3 Å². The van der Waals surface area contributed by atoms with Crippen LogP contribution < -0.4 is 31.9 Å². The molecule has 9 aromatic rings. The summed E-state index contributed by atoms with van der Waals surface area (Å²) in [5, 5.41) is 45.5. The third-order valence-electron chi connectivity index (χ3n) is 10.7. The summed E-state index contributed by atoms with van der Waals surface area (Å²) in [5.74, 6) is 2.28. The molecule has 3 aromatic carbocycles. The van der Waals surface area contributed by atoms with Crippen LogP contribution >= 0.6 is 0 Å². The Morgan fingerprint density at radius 2 is 0.861 bits per heavy atom. The molecule has 0 saturated heterocycles. The zero-order valence-corrected chi connectivity index (χ0v) is 41.1. The maximum absolute atomic E-state index is 13.5. The summed E-state index contributed by atoms with van der Waals surface area (Å²) >= 11 is 0. The number of para-hydroxylation sites is 1. The Labute approximate surface area is 414 Å². The molecular weight excluding hydrogens is 927 g/mol. The van der Waals surface area contributed by atoms with Gasteiger partial charge in [-0.15, -0.1) is 0 Å². The smallest absolute Gasteiger partial charge is 0.226 e. The van der Waals surface area contributed by atoms with E-state index in [1.165, 1.54) is 18.2 Å². The average Bonchev–Trinajstić information content (AvgIpc) is 4.12. The van der Waals surface area contributed by atoms with Crippen LogP contribution in [-0.4, -0.2) is 113 Å². The molecule has 21 nitrogen and oxygen atoms in total. The molecule has 0 unspecified atom stereocenters. The fraction of sp³-hybridized carbons (Fsp3) is 0.327. The molecular formula is C49H60F2N18O3. The highest BCUT2D eigenvalue weighted by Gasteiger charge is 2.18. The van der Waals surface area contributed by atoms with Gasteiger partial charge in [-0.1, -0.05) is 24.3 Å². The summed E-state index contributed by atoms with van der Waals surface area (Å²) in [5.41, 5.74) is 6.82. The molecule has 378 valence electrons. The number of aliphatic hydroxyl groups is 3. The predicted octanol–water partition coefficient (Wildman–Crippen LogP) is 8.25. The third kappa shape index (κ3) is 12.8. The van der Waals surface area contributed by atoms with Crippen molar-refractivity contribution in [3.8, 4) is 0 Å². The second-order valence-electron chi connectivity index (χ2n) is 17.1. The van der Waals surface area contributed by atoms with Crippen LogP contribution in [0.5, 0.6) is 0 Å². The van der Waals surface area contributed by atoms with Gasteiger partial charge in [-0.2, -0.15) is 29.9 Å². The van der Waals surface area contributed by atoms with Gasteiger partial charge in [0.1, 0.15) is 11.6 Å². The first-order valence-electron chi connectivity index (χ1n) is 23.4. The van der Waals surface area contributed by atoms with Crippen LogP contribution in [0.2, 0.25) is 0 Å². The SMILES string of the molecule is CC(C)n1cnc2c(Nc3cccc(F)c3)nc(NCCO)nc21.CC(C)n1cnc2c(Nc3ccccc3)nc(NCCO)nc21.Cc1cc(Nc2nc(NCCO)nc3c2ncn3C(C)C)ccc1F. The zero-order chi connectivity index (χ0) is 51.3. The van der Waals surface area contributed by atoms with Crippen LogP contribution in [0.1, 0.15) is 65.2 Å². The number of aliphatic hydroxyl groups excluding tert-OH is 3. The molecule has 6 heterocycles. The number of halogens is 2. The molecule has 0 aliphatic heterocycles. The Hall–Kier alpha value is -8.15. The lowest BCUT2D eigenvalue weighted by atomic mass is 10.2. The number of fused-ring (bicyclic) bond motifs is 3. The summed E-state index contributed by atoms with van der Waals surface area (Å²) in [6, 6.07) is 21.3. The lowest BCUT2D eigenvalue weighted by Crippen LogP contribution is -2.11. The minimum Gasteiger partial charge on any atom is -0.395 e. The highest BCUT2D eigenvalue weighted by atomic mass is 19.1. The first-order chi connectivity index (χ1) is 34.8. The van der Waals surface area contributed by atoms with Crippen molar-refractivity contribution in [2.24, 2.45) is 0 Å². The van der Waals surface area contributed by atoms with E-state index in [1.807, 2.05) is 71.7 Å². The summed E-state index contributed by atoms with van der Waals surface area (Å²) in [4.78, 5) is 40.1. The van der Waals surface area contributed by atoms with E-state index in [-0.39, 0.29) is 49.6 Å². The average molecular weight is 987 g/mol. The molecule has 0 aliphatic carbocycles. The highest BCUT2D eigenvalue weighted by Crippen LogP contribution is 2.29. The number of hydrogen-bond acceptors (Lipinski definition) is 18. The van der Waals surface area contributed by atoms with Crippen molar-refractivity contribution in [2.75, 3.05) is 71.4 Å². The lowest BCUT2D eigenvalue weighted by Gasteiger charge is -2.12. The van der Waals surface area contributed by atoms with E-state index < -0.39 is 0 Å².